The van der Waals surface area contributed by atoms with Gasteiger partial charge in [-0.1, -0.05) is 11.6 Å². The molecule has 7 nitrogen and oxygen atoms in total. The number of fused-ring (bicyclic) bond motifs is 1. The van der Waals surface area contributed by atoms with Crippen molar-refractivity contribution in [3.05, 3.63) is 22.7 Å². The Morgan fingerprint density at radius 1 is 1.32 bits per heavy atom. The molecule has 136 valence electrons. The highest BCUT2D eigenvalue weighted by atomic mass is 35.5. The maximum atomic E-state index is 6.13. The number of rotatable bonds is 6. The number of halogens is 1. The van der Waals surface area contributed by atoms with Crippen molar-refractivity contribution in [2.45, 2.75) is 6.42 Å². The number of hydrazone groups is 1. The Kier molecular flexibility index (Phi) is 6.69. The second kappa shape index (κ2) is 9.19. The fourth-order valence-corrected chi connectivity index (χ4v) is 3.15. The third kappa shape index (κ3) is 5.43. The van der Waals surface area contributed by atoms with Crippen LogP contribution in [-0.2, 0) is 4.74 Å². The van der Waals surface area contributed by atoms with E-state index in [1.165, 1.54) is 0 Å². The summed E-state index contributed by atoms with van der Waals surface area (Å²) in [5.74, 6) is 1.20. The lowest BCUT2D eigenvalue weighted by molar-refractivity contribution is -0.908. The highest BCUT2D eigenvalue weighted by Crippen LogP contribution is 2.39. The van der Waals surface area contributed by atoms with Crippen LogP contribution in [0.4, 0.5) is 0 Å². The minimum atomic E-state index is 0.189. The fraction of sp³-hybridized carbons (Fsp3) is 0.500. The van der Waals surface area contributed by atoms with Crippen LogP contribution in [0, 0.1) is 0 Å². The van der Waals surface area contributed by atoms with E-state index >= 15 is 0 Å². The van der Waals surface area contributed by atoms with Gasteiger partial charge in [-0.25, -0.2) is 0 Å². The molecule has 0 unspecified atom stereocenters. The van der Waals surface area contributed by atoms with Crippen molar-refractivity contribution in [2.24, 2.45) is 5.10 Å². The minimum absolute atomic E-state index is 0.189. The maximum absolute atomic E-state index is 6.13. The van der Waals surface area contributed by atoms with Gasteiger partial charge in [-0.05, 0) is 29.9 Å². The number of hydrogen-bond donors (Lipinski definition) is 3. The van der Waals surface area contributed by atoms with E-state index in [-0.39, 0.29) is 6.79 Å². The van der Waals surface area contributed by atoms with Crippen molar-refractivity contribution < 1.29 is 19.1 Å². The molecule has 0 aromatic heterocycles. The lowest BCUT2D eigenvalue weighted by Crippen LogP contribution is -3.14. The molecular formula is C16H22ClN4O3S+. The predicted octanol–water partition coefficient (Wildman–Crippen LogP) is 0.172. The summed E-state index contributed by atoms with van der Waals surface area (Å²) in [4.78, 5) is 1.59. The number of nitrogens with zero attached hydrogens (tertiary/aromatic N) is 1. The van der Waals surface area contributed by atoms with Crippen LogP contribution in [0.3, 0.4) is 0 Å². The summed E-state index contributed by atoms with van der Waals surface area (Å²) in [6, 6.07) is 3.59. The van der Waals surface area contributed by atoms with Crippen LogP contribution in [0.5, 0.6) is 11.5 Å². The SMILES string of the molecule is S=C(NCCC[NH+]1CCOCC1)N/N=C\c1cc(Cl)c2c(c1)OCO2. The second-order valence-corrected chi connectivity index (χ2v) is 6.64. The van der Waals surface area contributed by atoms with E-state index in [0.717, 1.165) is 51.4 Å². The number of morpholine rings is 1. The third-order valence-corrected chi connectivity index (χ3v) is 4.54. The van der Waals surface area contributed by atoms with Gasteiger partial charge in [0.15, 0.2) is 16.6 Å². The molecule has 3 N–H and O–H groups in total. The summed E-state index contributed by atoms with van der Waals surface area (Å²) in [6.07, 6.45) is 2.69. The molecule has 0 spiro atoms. The highest BCUT2D eigenvalue weighted by Gasteiger charge is 2.17. The molecule has 0 bridgehead atoms. The van der Waals surface area contributed by atoms with E-state index in [9.17, 15) is 0 Å². The molecular weight excluding hydrogens is 364 g/mol. The van der Waals surface area contributed by atoms with E-state index in [4.69, 9.17) is 38.0 Å². The molecule has 0 amide bonds. The van der Waals surface area contributed by atoms with E-state index < -0.39 is 0 Å². The second-order valence-electron chi connectivity index (χ2n) is 5.83. The Labute approximate surface area is 157 Å². The maximum Gasteiger partial charge on any atom is 0.231 e. The Bertz CT molecular complexity index is 638. The monoisotopic (exact) mass is 385 g/mol. The molecule has 0 aliphatic carbocycles. The molecule has 0 saturated carbocycles. The average Bonchev–Trinajstić information content (AvgIpc) is 3.09. The Morgan fingerprint density at radius 2 is 2.16 bits per heavy atom. The first kappa shape index (κ1) is 18.2. The van der Waals surface area contributed by atoms with Gasteiger partial charge in [-0.2, -0.15) is 5.10 Å². The van der Waals surface area contributed by atoms with Gasteiger partial charge < -0.3 is 24.4 Å². The molecule has 1 saturated heterocycles. The number of quaternary nitrogens is 1. The minimum Gasteiger partial charge on any atom is -0.454 e. The normalized spacial score (nSPS) is 17.0. The quantitative estimate of drug-likeness (QED) is 0.281. The van der Waals surface area contributed by atoms with Crippen molar-refractivity contribution >= 4 is 35.1 Å². The van der Waals surface area contributed by atoms with Crippen molar-refractivity contribution in [1.29, 1.82) is 0 Å². The van der Waals surface area contributed by atoms with Gasteiger partial charge in [0.2, 0.25) is 6.79 Å². The van der Waals surface area contributed by atoms with Gasteiger partial charge in [-0.15, -0.1) is 0 Å². The first-order chi connectivity index (χ1) is 12.2. The molecule has 3 rings (SSSR count). The zero-order valence-electron chi connectivity index (χ0n) is 13.8. The van der Waals surface area contributed by atoms with E-state index in [0.29, 0.717) is 21.6 Å². The van der Waals surface area contributed by atoms with Crippen molar-refractivity contribution in [1.82, 2.24) is 10.7 Å². The Balaban J connectivity index is 1.36. The lowest BCUT2D eigenvalue weighted by Gasteiger charge is -2.23. The van der Waals surface area contributed by atoms with Gasteiger partial charge in [0.25, 0.3) is 0 Å². The van der Waals surface area contributed by atoms with E-state index in [1.54, 1.807) is 17.2 Å². The van der Waals surface area contributed by atoms with Crippen LogP contribution in [0.2, 0.25) is 5.02 Å². The molecule has 2 aliphatic rings. The van der Waals surface area contributed by atoms with Gasteiger partial charge >= 0.3 is 0 Å². The first-order valence-electron chi connectivity index (χ1n) is 8.30. The standard InChI is InChI=1S/C16H21ClN4O3S/c17-13-8-12(9-14-15(13)24-11-23-14)10-19-20-16(25)18-2-1-3-21-4-6-22-7-5-21/h8-10H,1-7,11H2,(H2,18,20,25)/p+1/b19-10-. The smallest absolute Gasteiger partial charge is 0.231 e. The summed E-state index contributed by atoms with van der Waals surface area (Å²) in [6.45, 7) is 6.03. The molecule has 9 heteroatoms. The number of ether oxygens (including phenoxy) is 3. The summed E-state index contributed by atoms with van der Waals surface area (Å²) >= 11 is 11.3. The Hall–Kier alpha value is -1.61. The number of nitrogens with one attached hydrogen (secondary N) is 3. The zero-order chi connectivity index (χ0) is 17.5. The lowest BCUT2D eigenvalue weighted by atomic mass is 10.2. The third-order valence-electron chi connectivity index (χ3n) is 4.02. The molecule has 2 heterocycles. The van der Waals surface area contributed by atoms with E-state index in [1.807, 2.05) is 6.07 Å². The van der Waals surface area contributed by atoms with Crippen LogP contribution in [0.1, 0.15) is 12.0 Å². The van der Waals surface area contributed by atoms with Crippen LogP contribution in [0.15, 0.2) is 17.2 Å². The largest absolute Gasteiger partial charge is 0.454 e. The molecule has 1 aromatic rings. The van der Waals surface area contributed by atoms with Gasteiger partial charge in [0.05, 0.1) is 31.0 Å². The number of hydrogen-bond acceptors (Lipinski definition) is 5. The topological polar surface area (TPSA) is 68.5 Å². The van der Waals surface area contributed by atoms with Crippen molar-refractivity contribution in [2.75, 3.05) is 46.2 Å². The predicted molar refractivity (Wildman–Crippen MR) is 99.9 cm³/mol. The summed E-state index contributed by atoms with van der Waals surface area (Å²) in [5, 5.41) is 8.28. The van der Waals surface area contributed by atoms with Crippen molar-refractivity contribution in [3.8, 4) is 11.5 Å². The Morgan fingerprint density at radius 3 is 3.00 bits per heavy atom. The van der Waals surface area contributed by atoms with Gasteiger partial charge in [0, 0.05) is 13.0 Å². The molecule has 1 fully saturated rings. The fourth-order valence-electron chi connectivity index (χ4n) is 2.72. The zero-order valence-corrected chi connectivity index (χ0v) is 15.4. The molecule has 0 atom stereocenters. The number of thiocarbonyl (C=S) groups is 1. The van der Waals surface area contributed by atoms with Gasteiger partial charge in [0.1, 0.15) is 13.1 Å². The molecule has 25 heavy (non-hydrogen) atoms. The van der Waals surface area contributed by atoms with E-state index in [2.05, 4.69) is 15.8 Å². The number of benzene rings is 1. The summed E-state index contributed by atoms with van der Waals surface area (Å²) in [5.41, 5.74) is 3.61. The summed E-state index contributed by atoms with van der Waals surface area (Å²) < 4.78 is 15.9. The highest BCUT2D eigenvalue weighted by molar-refractivity contribution is 7.80. The van der Waals surface area contributed by atoms with Crippen LogP contribution >= 0.6 is 23.8 Å². The molecule has 1 aromatic carbocycles. The molecule has 2 aliphatic heterocycles. The molecule has 0 radical (unpaired) electrons. The van der Waals surface area contributed by atoms with Gasteiger partial charge in [-0.3, -0.25) is 5.43 Å². The first-order valence-corrected chi connectivity index (χ1v) is 9.08. The van der Waals surface area contributed by atoms with Crippen LogP contribution in [0.25, 0.3) is 0 Å². The van der Waals surface area contributed by atoms with Crippen LogP contribution < -0.4 is 25.1 Å². The van der Waals surface area contributed by atoms with Crippen molar-refractivity contribution in [3.63, 3.8) is 0 Å². The van der Waals surface area contributed by atoms with Crippen LogP contribution in [-0.4, -0.2) is 57.5 Å². The average molecular weight is 386 g/mol. The summed E-state index contributed by atoms with van der Waals surface area (Å²) in [7, 11) is 0.